The molecule has 1 aromatic heterocycles. The van der Waals surface area contributed by atoms with Crippen LogP contribution in [0, 0.1) is 0 Å². The molecular weight excluding hydrogens is 186 g/mol. The average molecular weight is 205 g/mol. The summed E-state index contributed by atoms with van der Waals surface area (Å²) >= 11 is 0. The van der Waals surface area contributed by atoms with Crippen LogP contribution < -0.4 is 11.1 Å². The van der Waals surface area contributed by atoms with Gasteiger partial charge in [-0.25, -0.2) is 4.98 Å². The molecule has 2 rings (SSSR count). The van der Waals surface area contributed by atoms with Gasteiger partial charge in [0.25, 0.3) is 0 Å². The van der Waals surface area contributed by atoms with Crippen molar-refractivity contribution < 1.29 is 0 Å². The highest BCUT2D eigenvalue weighted by molar-refractivity contribution is 5.33. The molecule has 1 aliphatic carbocycles. The van der Waals surface area contributed by atoms with Crippen LogP contribution in [0.5, 0.6) is 0 Å². The van der Waals surface area contributed by atoms with Crippen molar-refractivity contribution in [2.45, 2.75) is 37.6 Å². The van der Waals surface area contributed by atoms with Crippen LogP contribution in [0.4, 0.5) is 5.82 Å². The van der Waals surface area contributed by atoms with Crippen LogP contribution >= 0.6 is 0 Å². The van der Waals surface area contributed by atoms with Crippen molar-refractivity contribution in [2.75, 3.05) is 11.9 Å². The van der Waals surface area contributed by atoms with Gasteiger partial charge in [0.05, 0.1) is 0 Å². The summed E-state index contributed by atoms with van der Waals surface area (Å²) in [5.74, 6) is 0.924. The Morgan fingerprint density at radius 1 is 1.27 bits per heavy atom. The summed E-state index contributed by atoms with van der Waals surface area (Å²) in [5.41, 5.74) is 6.30. The van der Waals surface area contributed by atoms with E-state index < -0.39 is 0 Å². The quantitative estimate of drug-likeness (QED) is 0.795. The van der Waals surface area contributed by atoms with Gasteiger partial charge in [-0.2, -0.15) is 0 Å². The van der Waals surface area contributed by atoms with Gasteiger partial charge in [-0.05, 0) is 25.0 Å². The lowest BCUT2D eigenvalue weighted by Gasteiger charge is -2.33. The molecule has 0 radical (unpaired) electrons. The number of anilines is 1. The summed E-state index contributed by atoms with van der Waals surface area (Å²) in [4.78, 5) is 4.23. The predicted octanol–water partition coefficient (Wildman–Crippen LogP) is 2.16. The Bertz CT molecular complexity index is 291. The molecule has 0 unspecified atom stereocenters. The van der Waals surface area contributed by atoms with E-state index >= 15 is 0 Å². The molecule has 1 heterocycles. The molecule has 1 saturated carbocycles. The van der Waals surface area contributed by atoms with Gasteiger partial charge in [-0.15, -0.1) is 0 Å². The first-order valence-electron chi connectivity index (χ1n) is 5.72. The summed E-state index contributed by atoms with van der Waals surface area (Å²) in [6.07, 6.45) is 7.93. The van der Waals surface area contributed by atoms with Crippen molar-refractivity contribution in [1.29, 1.82) is 0 Å². The van der Waals surface area contributed by atoms with E-state index in [-0.39, 0.29) is 5.54 Å². The lowest BCUT2D eigenvalue weighted by atomic mass is 9.82. The Balaban J connectivity index is 1.87. The second-order valence-electron chi connectivity index (χ2n) is 4.49. The van der Waals surface area contributed by atoms with Crippen LogP contribution in [-0.4, -0.2) is 17.1 Å². The molecule has 0 amide bonds. The number of rotatable bonds is 3. The molecule has 15 heavy (non-hydrogen) atoms. The van der Waals surface area contributed by atoms with E-state index in [4.69, 9.17) is 5.73 Å². The zero-order valence-corrected chi connectivity index (χ0v) is 9.08. The van der Waals surface area contributed by atoms with Gasteiger partial charge >= 0.3 is 0 Å². The maximum absolute atomic E-state index is 6.32. The number of pyridine rings is 1. The number of aromatic nitrogens is 1. The number of nitrogens with two attached hydrogens (primary N) is 1. The minimum absolute atomic E-state index is 0.0181. The van der Waals surface area contributed by atoms with Gasteiger partial charge in [0.15, 0.2) is 0 Å². The first-order chi connectivity index (χ1) is 7.29. The van der Waals surface area contributed by atoms with Gasteiger partial charge in [-0.1, -0.05) is 25.3 Å². The highest BCUT2D eigenvalue weighted by Gasteiger charge is 2.26. The Hall–Kier alpha value is -1.09. The molecule has 0 bridgehead atoms. The largest absolute Gasteiger partial charge is 0.368 e. The first kappa shape index (κ1) is 10.4. The van der Waals surface area contributed by atoms with Gasteiger partial charge in [0.1, 0.15) is 5.82 Å². The van der Waals surface area contributed by atoms with Crippen molar-refractivity contribution in [1.82, 2.24) is 4.98 Å². The summed E-state index contributed by atoms with van der Waals surface area (Å²) in [6.45, 7) is 0.837. The fourth-order valence-corrected chi connectivity index (χ4v) is 2.17. The lowest BCUT2D eigenvalue weighted by molar-refractivity contribution is 0.311. The summed E-state index contributed by atoms with van der Waals surface area (Å²) < 4.78 is 0. The molecule has 0 spiro atoms. The number of hydrogen-bond acceptors (Lipinski definition) is 3. The highest BCUT2D eigenvalue weighted by atomic mass is 15.0. The van der Waals surface area contributed by atoms with Crippen LogP contribution in [0.15, 0.2) is 24.4 Å². The van der Waals surface area contributed by atoms with Crippen LogP contribution in [0.25, 0.3) is 0 Å². The van der Waals surface area contributed by atoms with E-state index in [2.05, 4.69) is 10.3 Å². The fourth-order valence-electron chi connectivity index (χ4n) is 2.17. The molecule has 1 aromatic rings. The number of nitrogens with one attached hydrogen (secondary N) is 1. The normalized spacial score (nSPS) is 19.8. The van der Waals surface area contributed by atoms with E-state index in [0.29, 0.717) is 0 Å². The predicted molar refractivity (Wildman–Crippen MR) is 62.7 cm³/mol. The Morgan fingerprint density at radius 2 is 2.07 bits per heavy atom. The molecular formula is C12H19N3. The number of nitrogens with zero attached hydrogens (tertiary/aromatic N) is 1. The summed E-state index contributed by atoms with van der Waals surface area (Å²) in [6, 6.07) is 5.88. The first-order valence-corrected chi connectivity index (χ1v) is 5.72. The molecule has 0 aliphatic heterocycles. The Kier molecular flexibility index (Phi) is 3.21. The minimum atomic E-state index is -0.0181. The molecule has 3 nitrogen and oxygen atoms in total. The van der Waals surface area contributed by atoms with Gasteiger partial charge in [0, 0.05) is 18.3 Å². The maximum Gasteiger partial charge on any atom is 0.125 e. The second-order valence-corrected chi connectivity index (χ2v) is 4.49. The van der Waals surface area contributed by atoms with Crippen LogP contribution in [0.3, 0.4) is 0 Å². The van der Waals surface area contributed by atoms with Crippen LogP contribution in [0.1, 0.15) is 32.1 Å². The van der Waals surface area contributed by atoms with Crippen molar-refractivity contribution in [3.8, 4) is 0 Å². The van der Waals surface area contributed by atoms with Crippen molar-refractivity contribution in [3.63, 3.8) is 0 Å². The van der Waals surface area contributed by atoms with E-state index in [1.165, 1.54) is 19.3 Å². The molecule has 3 heteroatoms. The SMILES string of the molecule is NC1(CNc2ccccn2)CCCCC1. The topological polar surface area (TPSA) is 50.9 Å². The third-order valence-electron chi connectivity index (χ3n) is 3.14. The molecule has 1 fully saturated rings. The van der Waals surface area contributed by atoms with Gasteiger partial charge in [-0.3, -0.25) is 0 Å². The van der Waals surface area contributed by atoms with E-state index in [1.807, 2.05) is 18.2 Å². The van der Waals surface area contributed by atoms with Gasteiger partial charge < -0.3 is 11.1 Å². The molecule has 0 aromatic carbocycles. The molecule has 1 aliphatic rings. The van der Waals surface area contributed by atoms with Crippen LogP contribution in [0.2, 0.25) is 0 Å². The summed E-state index contributed by atoms with van der Waals surface area (Å²) in [5, 5.41) is 3.32. The molecule has 0 atom stereocenters. The fraction of sp³-hybridized carbons (Fsp3) is 0.583. The van der Waals surface area contributed by atoms with E-state index in [1.54, 1.807) is 6.20 Å². The highest BCUT2D eigenvalue weighted by Crippen LogP contribution is 2.25. The Labute approximate surface area is 91.1 Å². The maximum atomic E-state index is 6.32. The third kappa shape index (κ3) is 2.93. The standard InChI is InChI=1S/C12H19N3/c13-12(7-3-1-4-8-12)10-15-11-6-2-5-9-14-11/h2,5-6,9H,1,3-4,7-8,10,13H2,(H,14,15). The van der Waals surface area contributed by atoms with Crippen LogP contribution in [-0.2, 0) is 0 Å². The number of hydrogen-bond donors (Lipinski definition) is 2. The monoisotopic (exact) mass is 205 g/mol. The van der Waals surface area contributed by atoms with E-state index in [9.17, 15) is 0 Å². The van der Waals surface area contributed by atoms with Crippen molar-refractivity contribution in [2.24, 2.45) is 5.73 Å². The zero-order chi connectivity index (χ0) is 10.6. The second kappa shape index (κ2) is 4.62. The van der Waals surface area contributed by atoms with Crippen molar-refractivity contribution >= 4 is 5.82 Å². The molecule has 82 valence electrons. The molecule has 0 saturated heterocycles. The minimum Gasteiger partial charge on any atom is -0.368 e. The summed E-state index contributed by atoms with van der Waals surface area (Å²) in [7, 11) is 0. The average Bonchev–Trinajstić information content (AvgIpc) is 2.29. The smallest absolute Gasteiger partial charge is 0.125 e. The van der Waals surface area contributed by atoms with Crippen molar-refractivity contribution in [3.05, 3.63) is 24.4 Å². The zero-order valence-electron chi connectivity index (χ0n) is 9.08. The lowest BCUT2D eigenvalue weighted by Crippen LogP contribution is -2.47. The van der Waals surface area contributed by atoms with Gasteiger partial charge in [0.2, 0.25) is 0 Å². The Morgan fingerprint density at radius 3 is 2.73 bits per heavy atom. The third-order valence-corrected chi connectivity index (χ3v) is 3.14. The van der Waals surface area contributed by atoms with E-state index in [0.717, 1.165) is 25.2 Å². The molecule has 3 N–H and O–H groups in total.